The molecule has 1 fully saturated rings. The molecule has 1 N–H and O–H groups in total. The van der Waals surface area contributed by atoms with Crippen LogP contribution in [0.3, 0.4) is 0 Å². The summed E-state index contributed by atoms with van der Waals surface area (Å²) in [4.78, 5) is 26.2. The molecule has 1 saturated heterocycles. The molecule has 7 heteroatoms. The number of nitrogens with one attached hydrogen (secondary N) is 1. The highest BCUT2D eigenvalue weighted by atomic mass is 16.5. The van der Waals surface area contributed by atoms with Crippen LogP contribution in [0.2, 0.25) is 0 Å². The van der Waals surface area contributed by atoms with Crippen molar-refractivity contribution in [3.05, 3.63) is 42.0 Å². The number of methoxy groups -OCH3 is 3. The predicted octanol–water partition coefficient (Wildman–Crippen LogP) is 3.09. The molecular weight excluding hydrogens is 348 g/mol. The first-order valence-electron chi connectivity index (χ1n) is 8.59. The monoisotopic (exact) mass is 370 g/mol. The summed E-state index contributed by atoms with van der Waals surface area (Å²) >= 11 is 0. The van der Waals surface area contributed by atoms with E-state index in [2.05, 4.69) is 5.32 Å². The Balaban J connectivity index is 1.78. The fraction of sp³-hybridized carbons (Fsp3) is 0.300. The van der Waals surface area contributed by atoms with Gasteiger partial charge in [0.2, 0.25) is 11.7 Å². The predicted molar refractivity (Wildman–Crippen MR) is 102 cm³/mol. The summed E-state index contributed by atoms with van der Waals surface area (Å²) in [7, 11) is 4.50. The Bertz CT molecular complexity index is 823. The molecule has 0 aliphatic carbocycles. The van der Waals surface area contributed by atoms with E-state index in [9.17, 15) is 9.59 Å². The SMILES string of the molecule is COc1cc(C(=O)Nc2ccc(N3CCCC3=O)cc2)cc(OC)c1OC. The van der Waals surface area contributed by atoms with Crippen molar-refractivity contribution in [3.63, 3.8) is 0 Å². The van der Waals surface area contributed by atoms with Gasteiger partial charge in [0, 0.05) is 29.9 Å². The van der Waals surface area contributed by atoms with E-state index >= 15 is 0 Å². The van der Waals surface area contributed by atoms with Crippen LogP contribution in [-0.4, -0.2) is 39.7 Å². The summed E-state index contributed by atoms with van der Waals surface area (Å²) in [6.45, 7) is 0.732. The lowest BCUT2D eigenvalue weighted by Gasteiger charge is -2.16. The van der Waals surface area contributed by atoms with Gasteiger partial charge in [-0.3, -0.25) is 9.59 Å². The zero-order chi connectivity index (χ0) is 19.4. The third-order valence-corrected chi connectivity index (χ3v) is 4.44. The smallest absolute Gasteiger partial charge is 0.255 e. The molecule has 0 spiro atoms. The molecule has 0 saturated carbocycles. The van der Waals surface area contributed by atoms with Crippen molar-refractivity contribution < 1.29 is 23.8 Å². The molecule has 1 aliphatic rings. The van der Waals surface area contributed by atoms with Gasteiger partial charge in [0.05, 0.1) is 21.3 Å². The zero-order valence-corrected chi connectivity index (χ0v) is 15.6. The minimum absolute atomic E-state index is 0.129. The van der Waals surface area contributed by atoms with Gasteiger partial charge in [-0.25, -0.2) is 0 Å². The molecule has 2 aromatic carbocycles. The Morgan fingerprint density at radius 3 is 2.11 bits per heavy atom. The maximum Gasteiger partial charge on any atom is 0.255 e. The molecule has 2 amide bonds. The number of carbonyl (C=O) groups is 2. The van der Waals surface area contributed by atoms with E-state index in [4.69, 9.17) is 14.2 Å². The van der Waals surface area contributed by atoms with Crippen LogP contribution in [0.25, 0.3) is 0 Å². The Kier molecular flexibility index (Phi) is 5.49. The fourth-order valence-corrected chi connectivity index (χ4v) is 3.06. The van der Waals surface area contributed by atoms with E-state index < -0.39 is 0 Å². The second-order valence-electron chi connectivity index (χ2n) is 6.06. The molecule has 0 unspecified atom stereocenters. The Hall–Kier alpha value is -3.22. The average Bonchev–Trinajstić information content (AvgIpc) is 3.13. The van der Waals surface area contributed by atoms with E-state index in [1.165, 1.54) is 21.3 Å². The summed E-state index contributed by atoms with van der Waals surface area (Å²) in [5, 5.41) is 2.83. The summed E-state index contributed by atoms with van der Waals surface area (Å²) in [6.07, 6.45) is 1.46. The number of nitrogens with zero attached hydrogens (tertiary/aromatic N) is 1. The van der Waals surface area contributed by atoms with Crippen molar-refractivity contribution >= 4 is 23.2 Å². The van der Waals surface area contributed by atoms with Crippen molar-refractivity contribution in [2.45, 2.75) is 12.8 Å². The summed E-state index contributed by atoms with van der Waals surface area (Å²) < 4.78 is 15.8. The molecule has 142 valence electrons. The number of carbonyl (C=O) groups excluding carboxylic acids is 2. The minimum Gasteiger partial charge on any atom is -0.493 e. The van der Waals surface area contributed by atoms with Gasteiger partial charge in [0.15, 0.2) is 11.5 Å². The maximum atomic E-state index is 12.6. The molecule has 1 aliphatic heterocycles. The van der Waals surface area contributed by atoms with Gasteiger partial charge < -0.3 is 24.4 Å². The number of ether oxygens (including phenoxy) is 3. The van der Waals surface area contributed by atoms with Gasteiger partial charge >= 0.3 is 0 Å². The van der Waals surface area contributed by atoms with E-state index in [0.29, 0.717) is 34.9 Å². The van der Waals surface area contributed by atoms with Crippen molar-refractivity contribution in [3.8, 4) is 17.2 Å². The summed E-state index contributed by atoms with van der Waals surface area (Å²) in [6, 6.07) is 10.4. The van der Waals surface area contributed by atoms with E-state index in [0.717, 1.165) is 18.7 Å². The third kappa shape index (κ3) is 3.81. The second kappa shape index (κ2) is 7.99. The van der Waals surface area contributed by atoms with Gasteiger partial charge in [-0.15, -0.1) is 0 Å². The van der Waals surface area contributed by atoms with Crippen LogP contribution < -0.4 is 24.4 Å². The Morgan fingerprint density at radius 2 is 1.63 bits per heavy atom. The van der Waals surface area contributed by atoms with Gasteiger partial charge in [0.25, 0.3) is 5.91 Å². The number of benzene rings is 2. The van der Waals surface area contributed by atoms with Crippen LogP contribution in [0.4, 0.5) is 11.4 Å². The first-order valence-corrected chi connectivity index (χ1v) is 8.59. The lowest BCUT2D eigenvalue weighted by molar-refractivity contribution is -0.117. The van der Waals surface area contributed by atoms with Crippen LogP contribution in [0.5, 0.6) is 17.2 Å². The van der Waals surface area contributed by atoms with Crippen molar-refractivity contribution in [1.29, 1.82) is 0 Å². The van der Waals surface area contributed by atoms with E-state index in [1.807, 2.05) is 12.1 Å². The lowest BCUT2D eigenvalue weighted by Crippen LogP contribution is -2.23. The van der Waals surface area contributed by atoms with Crippen LogP contribution in [0.1, 0.15) is 23.2 Å². The van der Waals surface area contributed by atoms with Crippen LogP contribution in [0, 0.1) is 0 Å². The Morgan fingerprint density at radius 1 is 1.00 bits per heavy atom. The van der Waals surface area contributed by atoms with E-state index in [-0.39, 0.29) is 11.8 Å². The number of rotatable bonds is 6. The number of hydrogen-bond acceptors (Lipinski definition) is 5. The highest BCUT2D eigenvalue weighted by Gasteiger charge is 2.21. The molecule has 3 rings (SSSR count). The topological polar surface area (TPSA) is 77.1 Å². The molecule has 2 aromatic rings. The van der Waals surface area contributed by atoms with Gasteiger partial charge in [-0.1, -0.05) is 0 Å². The minimum atomic E-state index is -0.306. The van der Waals surface area contributed by atoms with Crippen molar-refractivity contribution in [1.82, 2.24) is 0 Å². The number of hydrogen-bond donors (Lipinski definition) is 1. The molecule has 7 nitrogen and oxygen atoms in total. The van der Waals surface area contributed by atoms with Crippen molar-refractivity contribution in [2.75, 3.05) is 38.1 Å². The molecule has 0 aromatic heterocycles. The van der Waals surface area contributed by atoms with Gasteiger partial charge in [-0.2, -0.15) is 0 Å². The quantitative estimate of drug-likeness (QED) is 0.846. The highest BCUT2D eigenvalue weighted by molar-refractivity contribution is 6.05. The standard InChI is InChI=1S/C20H22N2O5/c1-25-16-11-13(12-17(26-2)19(16)27-3)20(24)21-14-6-8-15(9-7-14)22-10-4-5-18(22)23/h6-9,11-12H,4-5,10H2,1-3H3,(H,21,24). The summed E-state index contributed by atoms with van der Waals surface area (Å²) in [5.41, 5.74) is 1.84. The lowest BCUT2D eigenvalue weighted by atomic mass is 10.1. The first-order chi connectivity index (χ1) is 13.1. The molecule has 0 radical (unpaired) electrons. The number of amides is 2. The molecular formula is C20H22N2O5. The van der Waals surface area contributed by atoms with E-state index in [1.54, 1.807) is 29.2 Å². The molecule has 0 bridgehead atoms. The van der Waals surface area contributed by atoms with Crippen LogP contribution in [0.15, 0.2) is 36.4 Å². The maximum absolute atomic E-state index is 12.6. The molecule has 1 heterocycles. The van der Waals surface area contributed by atoms with Gasteiger partial charge in [-0.05, 0) is 42.8 Å². The molecule has 27 heavy (non-hydrogen) atoms. The highest BCUT2D eigenvalue weighted by Crippen LogP contribution is 2.38. The number of anilines is 2. The second-order valence-corrected chi connectivity index (χ2v) is 6.06. The van der Waals surface area contributed by atoms with Crippen molar-refractivity contribution in [2.24, 2.45) is 0 Å². The average molecular weight is 370 g/mol. The largest absolute Gasteiger partial charge is 0.493 e. The Labute approximate surface area is 157 Å². The zero-order valence-electron chi connectivity index (χ0n) is 15.6. The summed E-state index contributed by atoms with van der Waals surface area (Å²) in [5.74, 6) is 1.06. The van der Waals surface area contributed by atoms with Gasteiger partial charge in [0.1, 0.15) is 0 Å². The van der Waals surface area contributed by atoms with Crippen LogP contribution in [-0.2, 0) is 4.79 Å². The first kappa shape index (κ1) is 18.6. The normalized spacial score (nSPS) is 13.4. The van der Waals surface area contributed by atoms with Crippen LogP contribution >= 0.6 is 0 Å². The molecule has 0 atom stereocenters. The fourth-order valence-electron chi connectivity index (χ4n) is 3.06. The third-order valence-electron chi connectivity index (χ3n) is 4.44.